The molecular formula is C15H21NO4. The molecule has 0 saturated heterocycles. The number of carbonyl (C=O) groups excluding carboxylic acids is 1. The van der Waals surface area contributed by atoms with E-state index in [1.54, 1.807) is 0 Å². The van der Waals surface area contributed by atoms with Crippen molar-refractivity contribution >= 4 is 11.9 Å². The zero-order chi connectivity index (χ0) is 15.0. The Morgan fingerprint density at radius 3 is 2.75 bits per heavy atom. The molecule has 1 unspecified atom stereocenters. The van der Waals surface area contributed by atoms with Gasteiger partial charge in [-0.2, -0.15) is 0 Å². The van der Waals surface area contributed by atoms with Gasteiger partial charge >= 0.3 is 5.97 Å². The number of amides is 1. The molecule has 0 radical (unpaired) electrons. The van der Waals surface area contributed by atoms with E-state index in [1.165, 1.54) is 0 Å². The Hall–Kier alpha value is -2.04. The number of rotatable bonds is 8. The molecule has 2 N–H and O–H groups in total. The highest BCUT2D eigenvalue weighted by Crippen LogP contribution is 2.15. The summed E-state index contributed by atoms with van der Waals surface area (Å²) in [5.74, 6) is -0.403. The maximum Gasteiger partial charge on any atom is 0.303 e. The van der Waals surface area contributed by atoms with E-state index in [-0.39, 0.29) is 12.3 Å². The average molecular weight is 279 g/mol. The zero-order valence-electron chi connectivity index (χ0n) is 11.9. The minimum absolute atomic E-state index is 0.0514. The van der Waals surface area contributed by atoms with Crippen molar-refractivity contribution < 1.29 is 19.4 Å². The molecule has 0 aromatic heterocycles. The maximum absolute atomic E-state index is 11.9. The van der Waals surface area contributed by atoms with Gasteiger partial charge in [0.2, 0.25) is 0 Å². The third-order valence-electron chi connectivity index (χ3n) is 2.80. The first-order valence-corrected chi connectivity index (χ1v) is 6.75. The molecule has 20 heavy (non-hydrogen) atoms. The molecule has 5 nitrogen and oxygen atoms in total. The normalized spacial score (nSPS) is 11.7. The van der Waals surface area contributed by atoms with Crippen LogP contribution in [0.3, 0.4) is 0 Å². The molecule has 110 valence electrons. The van der Waals surface area contributed by atoms with Crippen molar-refractivity contribution in [2.75, 3.05) is 6.54 Å². The molecule has 1 atom stereocenters. The van der Waals surface area contributed by atoms with Crippen LogP contribution in [0.25, 0.3) is 0 Å². The Bertz CT molecular complexity index is 459. The number of hydrogen-bond donors (Lipinski definition) is 2. The molecule has 0 aliphatic rings. The lowest BCUT2D eigenvalue weighted by Crippen LogP contribution is -2.38. The number of carbonyl (C=O) groups is 2. The number of ether oxygens (including phenoxy) is 1. The van der Waals surface area contributed by atoms with Gasteiger partial charge in [-0.1, -0.05) is 19.1 Å². The minimum Gasteiger partial charge on any atom is -0.481 e. The number of carboxylic acids is 1. The Kier molecular flexibility index (Phi) is 6.56. The van der Waals surface area contributed by atoms with Crippen LogP contribution in [0.5, 0.6) is 5.75 Å². The molecular weight excluding hydrogens is 258 g/mol. The van der Waals surface area contributed by atoms with Crippen molar-refractivity contribution in [1.29, 1.82) is 0 Å². The van der Waals surface area contributed by atoms with Crippen molar-refractivity contribution in [3.63, 3.8) is 0 Å². The van der Waals surface area contributed by atoms with Gasteiger partial charge < -0.3 is 15.2 Å². The van der Waals surface area contributed by atoms with Crippen LogP contribution in [-0.2, 0) is 9.59 Å². The van der Waals surface area contributed by atoms with Gasteiger partial charge in [0.1, 0.15) is 5.75 Å². The summed E-state index contributed by atoms with van der Waals surface area (Å²) in [4.78, 5) is 22.3. The standard InChI is InChI=1S/C15H21NO4/c1-3-13(15(19)16-9-5-8-14(17)18)20-12-7-4-6-11(2)10-12/h4,6-7,10,13H,3,5,8-9H2,1-2H3,(H,16,19)(H,17,18). The van der Waals surface area contributed by atoms with Gasteiger partial charge in [0, 0.05) is 13.0 Å². The molecule has 1 rings (SSSR count). The Morgan fingerprint density at radius 2 is 2.15 bits per heavy atom. The van der Waals surface area contributed by atoms with E-state index in [9.17, 15) is 9.59 Å². The van der Waals surface area contributed by atoms with Crippen LogP contribution >= 0.6 is 0 Å². The first-order chi connectivity index (χ1) is 9.52. The summed E-state index contributed by atoms with van der Waals surface area (Å²) >= 11 is 0. The SMILES string of the molecule is CCC(Oc1cccc(C)c1)C(=O)NCCCC(=O)O. The van der Waals surface area contributed by atoms with Crippen molar-refractivity contribution in [2.45, 2.75) is 39.2 Å². The lowest BCUT2D eigenvalue weighted by Gasteiger charge is -2.17. The van der Waals surface area contributed by atoms with E-state index >= 15 is 0 Å². The molecule has 0 fully saturated rings. The van der Waals surface area contributed by atoms with Crippen LogP contribution < -0.4 is 10.1 Å². The number of aryl methyl sites for hydroxylation is 1. The first kappa shape index (κ1) is 16.0. The van der Waals surface area contributed by atoms with Crippen LogP contribution in [0.2, 0.25) is 0 Å². The second kappa shape index (κ2) is 8.19. The molecule has 1 aromatic carbocycles. The van der Waals surface area contributed by atoms with E-state index in [4.69, 9.17) is 9.84 Å². The van der Waals surface area contributed by atoms with Gasteiger partial charge in [-0.25, -0.2) is 0 Å². The highest BCUT2D eigenvalue weighted by atomic mass is 16.5. The number of nitrogens with one attached hydrogen (secondary N) is 1. The van der Waals surface area contributed by atoms with Gasteiger partial charge in [-0.15, -0.1) is 0 Å². The average Bonchev–Trinajstić information content (AvgIpc) is 2.40. The van der Waals surface area contributed by atoms with Crippen molar-refractivity contribution in [3.8, 4) is 5.75 Å². The van der Waals surface area contributed by atoms with Gasteiger partial charge in [0.15, 0.2) is 6.10 Å². The monoisotopic (exact) mass is 279 g/mol. The number of hydrogen-bond acceptors (Lipinski definition) is 3. The third-order valence-corrected chi connectivity index (χ3v) is 2.80. The van der Waals surface area contributed by atoms with Gasteiger partial charge in [-0.3, -0.25) is 9.59 Å². The van der Waals surface area contributed by atoms with Crippen LogP contribution in [-0.4, -0.2) is 29.6 Å². The van der Waals surface area contributed by atoms with Crippen LogP contribution in [0.15, 0.2) is 24.3 Å². The van der Waals surface area contributed by atoms with Crippen molar-refractivity contribution in [3.05, 3.63) is 29.8 Å². The molecule has 5 heteroatoms. The zero-order valence-corrected chi connectivity index (χ0v) is 11.9. The van der Waals surface area contributed by atoms with Gasteiger partial charge in [0.25, 0.3) is 5.91 Å². The van der Waals surface area contributed by atoms with Crippen molar-refractivity contribution in [1.82, 2.24) is 5.32 Å². The van der Waals surface area contributed by atoms with Crippen LogP contribution in [0.1, 0.15) is 31.7 Å². The summed E-state index contributed by atoms with van der Waals surface area (Å²) in [6, 6.07) is 7.52. The lowest BCUT2D eigenvalue weighted by atomic mass is 10.2. The van der Waals surface area contributed by atoms with E-state index in [2.05, 4.69) is 5.32 Å². The summed E-state index contributed by atoms with van der Waals surface area (Å²) in [5.41, 5.74) is 1.07. The summed E-state index contributed by atoms with van der Waals surface area (Å²) < 4.78 is 5.66. The molecule has 0 aliphatic heterocycles. The summed E-state index contributed by atoms with van der Waals surface area (Å²) in [7, 11) is 0. The second-order valence-corrected chi connectivity index (χ2v) is 4.62. The van der Waals surface area contributed by atoms with Crippen molar-refractivity contribution in [2.24, 2.45) is 0 Å². The molecule has 0 heterocycles. The Balaban J connectivity index is 2.44. The molecule has 0 bridgehead atoms. The minimum atomic E-state index is -0.859. The van der Waals surface area contributed by atoms with E-state index in [0.29, 0.717) is 25.1 Å². The summed E-state index contributed by atoms with van der Waals surface area (Å²) in [6.07, 6.45) is 0.470. The molecule has 0 saturated carbocycles. The second-order valence-electron chi connectivity index (χ2n) is 4.62. The smallest absolute Gasteiger partial charge is 0.303 e. The van der Waals surface area contributed by atoms with E-state index < -0.39 is 12.1 Å². The van der Waals surface area contributed by atoms with E-state index in [1.807, 2.05) is 38.1 Å². The quantitative estimate of drug-likeness (QED) is 0.715. The first-order valence-electron chi connectivity index (χ1n) is 6.75. The summed E-state index contributed by atoms with van der Waals surface area (Å²) in [5, 5.41) is 11.2. The fourth-order valence-electron chi connectivity index (χ4n) is 1.74. The van der Waals surface area contributed by atoms with Crippen LogP contribution in [0, 0.1) is 6.92 Å². The number of carboxylic acid groups (broad SMARTS) is 1. The fraction of sp³-hybridized carbons (Fsp3) is 0.467. The lowest BCUT2D eigenvalue weighted by molar-refractivity contribution is -0.137. The summed E-state index contributed by atoms with van der Waals surface area (Å²) in [6.45, 7) is 4.18. The Morgan fingerprint density at radius 1 is 1.40 bits per heavy atom. The molecule has 1 aromatic rings. The maximum atomic E-state index is 11.9. The largest absolute Gasteiger partial charge is 0.481 e. The van der Waals surface area contributed by atoms with Crippen LogP contribution in [0.4, 0.5) is 0 Å². The van der Waals surface area contributed by atoms with E-state index in [0.717, 1.165) is 5.56 Å². The molecule has 1 amide bonds. The predicted octanol–water partition coefficient (Wildman–Crippen LogP) is 2.13. The highest BCUT2D eigenvalue weighted by molar-refractivity contribution is 5.81. The topological polar surface area (TPSA) is 75.6 Å². The Labute approximate surface area is 118 Å². The van der Waals surface area contributed by atoms with Gasteiger partial charge in [-0.05, 0) is 37.5 Å². The predicted molar refractivity (Wildman–Crippen MR) is 75.8 cm³/mol. The molecule has 0 aliphatic carbocycles. The number of aliphatic carboxylic acids is 1. The molecule has 0 spiro atoms. The third kappa shape index (κ3) is 5.73. The van der Waals surface area contributed by atoms with Gasteiger partial charge in [0.05, 0.1) is 0 Å². The highest BCUT2D eigenvalue weighted by Gasteiger charge is 2.17. The fourth-order valence-corrected chi connectivity index (χ4v) is 1.74. The number of benzene rings is 1.